The van der Waals surface area contributed by atoms with E-state index in [1.165, 1.54) is 11.3 Å². The average molecular weight is 431 g/mol. The van der Waals surface area contributed by atoms with E-state index in [1.807, 2.05) is 25.1 Å². The van der Waals surface area contributed by atoms with Crippen LogP contribution in [-0.2, 0) is 21.3 Å². The van der Waals surface area contributed by atoms with E-state index in [9.17, 15) is 8.42 Å². The number of sulfonamides is 1. The molecule has 0 radical (unpaired) electrons. The molecule has 0 saturated carbocycles. The second-order valence-electron chi connectivity index (χ2n) is 7.52. The number of pyridine rings is 1. The molecule has 2 fully saturated rings. The molecular formula is C20H22N4O3S2. The number of hydrogen-bond donors (Lipinski definition) is 0. The van der Waals surface area contributed by atoms with Gasteiger partial charge in [-0.2, -0.15) is 4.31 Å². The molecule has 7 nitrogen and oxygen atoms in total. The van der Waals surface area contributed by atoms with Crippen LogP contribution in [0.25, 0.3) is 10.2 Å². The van der Waals surface area contributed by atoms with Crippen molar-refractivity contribution in [1.82, 2.24) is 19.2 Å². The third kappa shape index (κ3) is 3.57. The molecular weight excluding hydrogens is 408 g/mol. The van der Waals surface area contributed by atoms with Crippen LogP contribution >= 0.6 is 11.3 Å². The van der Waals surface area contributed by atoms with Gasteiger partial charge >= 0.3 is 0 Å². The number of aromatic nitrogens is 2. The summed E-state index contributed by atoms with van der Waals surface area (Å²) in [5.41, 5.74) is 4.55. The molecule has 0 N–H and O–H groups in total. The predicted molar refractivity (Wildman–Crippen MR) is 111 cm³/mol. The van der Waals surface area contributed by atoms with Gasteiger partial charge in [-0.1, -0.05) is 6.07 Å². The van der Waals surface area contributed by atoms with Gasteiger partial charge in [0.25, 0.3) is 0 Å². The number of fused-ring (bicyclic) bond motifs is 2. The molecule has 5 rings (SSSR count). The molecule has 9 heteroatoms. The lowest BCUT2D eigenvalue weighted by Crippen LogP contribution is -2.50. The van der Waals surface area contributed by atoms with Gasteiger partial charge in [-0.05, 0) is 37.3 Å². The van der Waals surface area contributed by atoms with E-state index in [4.69, 9.17) is 4.74 Å². The third-order valence-electron chi connectivity index (χ3n) is 5.63. The summed E-state index contributed by atoms with van der Waals surface area (Å²) in [7, 11) is -3.58. The van der Waals surface area contributed by atoms with E-state index in [0.29, 0.717) is 31.1 Å². The minimum Gasteiger partial charge on any atom is -0.374 e. The summed E-state index contributed by atoms with van der Waals surface area (Å²) in [5, 5.41) is 0. The van der Waals surface area contributed by atoms with Crippen molar-refractivity contribution < 1.29 is 13.2 Å². The van der Waals surface area contributed by atoms with Crippen LogP contribution in [0.3, 0.4) is 0 Å². The van der Waals surface area contributed by atoms with Gasteiger partial charge in [0.15, 0.2) is 0 Å². The Bertz CT molecular complexity index is 1150. The molecule has 0 bridgehead atoms. The van der Waals surface area contributed by atoms with Crippen molar-refractivity contribution in [3.8, 4) is 0 Å². The van der Waals surface area contributed by atoms with Crippen LogP contribution in [0.4, 0.5) is 0 Å². The van der Waals surface area contributed by atoms with Crippen molar-refractivity contribution in [2.24, 2.45) is 0 Å². The number of ether oxygens (including phenoxy) is 1. The van der Waals surface area contributed by atoms with Gasteiger partial charge < -0.3 is 4.74 Å². The Hall–Kier alpha value is -1.91. The van der Waals surface area contributed by atoms with E-state index in [2.05, 4.69) is 14.9 Å². The first-order chi connectivity index (χ1) is 14.0. The number of rotatable bonds is 4. The van der Waals surface area contributed by atoms with Gasteiger partial charge in [0, 0.05) is 31.9 Å². The fourth-order valence-electron chi connectivity index (χ4n) is 4.16. The number of aryl methyl sites for hydroxylation is 1. The van der Waals surface area contributed by atoms with Crippen molar-refractivity contribution in [3.05, 3.63) is 53.3 Å². The quantitative estimate of drug-likeness (QED) is 0.632. The van der Waals surface area contributed by atoms with Crippen LogP contribution in [0.1, 0.15) is 11.4 Å². The summed E-state index contributed by atoms with van der Waals surface area (Å²) >= 11 is 1.45. The summed E-state index contributed by atoms with van der Waals surface area (Å²) in [5.74, 6) is 0. The lowest BCUT2D eigenvalue weighted by molar-refractivity contribution is -0.0506. The fraction of sp³-hybridized carbons (Fsp3) is 0.400. The number of hydrogen-bond acceptors (Lipinski definition) is 7. The molecule has 2 aliphatic rings. The van der Waals surface area contributed by atoms with Crippen LogP contribution in [-0.4, -0.2) is 66.0 Å². The van der Waals surface area contributed by atoms with Gasteiger partial charge in [-0.25, -0.2) is 13.4 Å². The smallest absolute Gasteiger partial charge is 0.243 e. The van der Waals surface area contributed by atoms with Crippen LogP contribution in [0.5, 0.6) is 0 Å². The molecule has 2 aromatic heterocycles. The van der Waals surface area contributed by atoms with Crippen molar-refractivity contribution >= 4 is 31.6 Å². The largest absolute Gasteiger partial charge is 0.374 e. The van der Waals surface area contributed by atoms with Crippen LogP contribution in [0.2, 0.25) is 0 Å². The first-order valence-electron chi connectivity index (χ1n) is 9.62. The Morgan fingerprint density at radius 3 is 3.00 bits per heavy atom. The number of nitrogens with zero attached hydrogens (tertiary/aromatic N) is 4. The standard InChI is InChI=1S/C20H22N4O3S2/c1-14-3-2-4-15(22-14)10-23-7-8-27-19-12-24(11-18(19)23)29(25,26)16-5-6-17-20(9-16)28-13-21-17/h2-6,9,13,18-19H,7-8,10-12H2,1H3/t18-,19-/m0/s1. The van der Waals surface area contributed by atoms with Gasteiger partial charge in [-0.15, -0.1) is 11.3 Å². The Labute approximate surface area is 174 Å². The monoisotopic (exact) mass is 430 g/mol. The molecule has 0 spiro atoms. The molecule has 2 atom stereocenters. The van der Waals surface area contributed by atoms with Crippen molar-refractivity contribution in [1.29, 1.82) is 0 Å². The van der Waals surface area contributed by atoms with E-state index in [-0.39, 0.29) is 12.1 Å². The summed E-state index contributed by atoms with van der Waals surface area (Å²) in [6, 6.07) is 11.2. The molecule has 4 heterocycles. The first kappa shape index (κ1) is 19.1. The van der Waals surface area contributed by atoms with E-state index >= 15 is 0 Å². The lowest BCUT2D eigenvalue weighted by atomic mass is 10.1. The zero-order valence-corrected chi connectivity index (χ0v) is 17.7. The highest BCUT2D eigenvalue weighted by atomic mass is 32.2. The summed E-state index contributed by atoms with van der Waals surface area (Å²) < 4.78 is 34.9. The highest BCUT2D eigenvalue weighted by Gasteiger charge is 2.44. The Morgan fingerprint density at radius 1 is 1.24 bits per heavy atom. The van der Waals surface area contributed by atoms with Gasteiger partial charge in [-0.3, -0.25) is 9.88 Å². The van der Waals surface area contributed by atoms with E-state index in [0.717, 1.165) is 28.1 Å². The molecule has 0 unspecified atom stereocenters. The highest BCUT2D eigenvalue weighted by molar-refractivity contribution is 7.89. The zero-order chi connectivity index (χ0) is 20.0. The normalized spacial score (nSPS) is 23.5. The minimum atomic E-state index is -3.58. The number of morpholine rings is 1. The molecule has 3 aromatic rings. The van der Waals surface area contributed by atoms with Crippen LogP contribution < -0.4 is 0 Å². The molecule has 2 aliphatic heterocycles. The maximum Gasteiger partial charge on any atom is 0.243 e. The number of thiazole rings is 1. The van der Waals surface area contributed by atoms with Crippen molar-refractivity contribution in [2.75, 3.05) is 26.2 Å². The maximum atomic E-state index is 13.3. The first-order valence-corrected chi connectivity index (χ1v) is 11.9. The topological polar surface area (TPSA) is 75.6 Å². The second kappa shape index (κ2) is 7.41. The van der Waals surface area contributed by atoms with Crippen LogP contribution in [0, 0.1) is 6.92 Å². The van der Waals surface area contributed by atoms with Crippen molar-refractivity contribution in [2.45, 2.75) is 30.5 Å². The van der Waals surface area contributed by atoms with Crippen molar-refractivity contribution in [3.63, 3.8) is 0 Å². The molecule has 1 aromatic carbocycles. The molecule has 2 saturated heterocycles. The Kier molecular flexibility index (Phi) is 4.87. The minimum absolute atomic E-state index is 0.0352. The van der Waals surface area contributed by atoms with E-state index < -0.39 is 10.0 Å². The fourth-order valence-corrected chi connectivity index (χ4v) is 6.45. The Morgan fingerprint density at radius 2 is 2.14 bits per heavy atom. The predicted octanol–water partition coefficient (Wildman–Crippen LogP) is 2.27. The molecule has 0 aliphatic carbocycles. The van der Waals surface area contributed by atoms with Gasteiger partial charge in [0.1, 0.15) is 0 Å². The third-order valence-corrected chi connectivity index (χ3v) is 8.25. The summed E-state index contributed by atoms with van der Waals surface area (Å²) in [6.45, 7) is 4.87. The maximum absolute atomic E-state index is 13.3. The second-order valence-corrected chi connectivity index (χ2v) is 10.3. The number of benzene rings is 1. The molecule has 0 amide bonds. The van der Waals surface area contributed by atoms with Crippen LogP contribution in [0.15, 0.2) is 46.8 Å². The zero-order valence-electron chi connectivity index (χ0n) is 16.1. The molecule has 29 heavy (non-hydrogen) atoms. The highest BCUT2D eigenvalue weighted by Crippen LogP contribution is 2.30. The molecule has 152 valence electrons. The summed E-state index contributed by atoms with van der Waals surface area (Å²) in [4.78, 5) is 11.5. The SMILES string of the molecule is Cc1cccc(CN2CCO[C@H]3CN(S(=O)(=O)c4ccc5ncsc5c4)C[C@@H]32)n1. The Balaban J connectivity index is 1.38. The average Bonchev–Trinajstić information content (AvgIpc) is 3.35. The lowest BCUT2D eigenvalue weighted by Gasteiger charge is -2.36. The summed E-state index contributed by atoms with van der Waals surface area (Å²) in [6.07, 6.45) is -0.115. The van der Waals surface area contributed by atoms with Gasteiger partial charge in [0.05, 0.1) is 45.1 Å². The van der Waals surface area contributed by atoms with E-state index in [1.54, 1.807) is 28.0 Å². The van der Waals surface area contributed by atoms with Gasteiger partial charge in [0.2, 0.25) is 10.0 Å².